The van der Waals surface area contributed by atoms with E-state index in [0.717, 1.165) is 123 Å². The van der Waals surface area contributed by atoms with E-state index in [1.807, 2.05) is 106 Å². The Balaban J connectivity index is 0.000000369. The van der Waals surface area contributed by atoms with Crippen LogP contribution in [0.3, 0.4) is 0 Å². The van der Waals surface area contributed by atoms with E-state index in [2.05, 4.69) is 50.1 Å². The van der Waals surface area contributed by atoms with Gasteiger partial charge in [0.05, 0.1) is 57.5 Å². The maximum atomic E-state index is 12.5. The summed E-state index contributed by atoms with van der Waals surface area (Å²) in [4.78, 5) is 111. The summed E-state index contributed by atoms with van der Waals surface area (Å²) in [7, 11) is -4.04. The number of tetrazole rings is 1. The minimum Gasteiger partial charge on any atom is -0.493 e. The van der Waals surface area contributed by atoms with Crippen LogP contribution >= 0.6 is 102 Å². The number of ether oxygens (including phenoxy) is 9. The van der Waals surface area contributed by atoms with Crippen molar-refractivity contribution in [1.82, 2.24) is 35.5 Å². The predicted molar refractivity (Wildman–Crippen MR) is 480 cm³/mol. The molecule has 11 aromatic rings. The molecule has 49 heteroatoms. The molecular weight excluding hydrogens is 1880 g/mol. The number of thiophene rings is 9. The Morgan fingerprint density at radius 1 is 0.528 bits per heavy atom. The normalized spacial score (nSPS) is 10.5. The van der Waals surface area contributed by atoms with E-state index in [0.29, 0.717) is 90.4 Å². The van der Waals surface area contributed by atoms with Gasteiger partial charge in [-0.15, -0.1) is 112 Å². The Bertz CT molecular complexity index is 5550. The van der Waals surface area contributed by atoms with Gasteiger partial charge in [-0.1, -0.05) is 5.16 Å². The lowest BCUT2D eigenvalue weighted by molar-refractivity contribution is -0.153. The summed E-state index contributed by atoms with van der Waals surface area (Å²) in [6.45, 7) is 33.2. The van der Waals surface area contributed by atoms with E-state index >= 15 is 0 Å². The van der Waals surface area contributed by atoms with Crippen molar-refractivity contribution in [2.45, 2.75) is 137 Å². The van der Waals surface area contributed by atoms with Crippen molar-refractivity contribution in [2.75, 3.05) is 64.8 Å². The monoisotopic (exact) mass is 1970 g/mol. The maximum absolute atomic E-state index is 12.5. The maximum Gasteiger partial charge on any atom is 0.439 e. The lowest BCUT2D eigenvalue weighted by atomic mass is 10.2. The van der Waals surface area contributed by atoms with E-state index in [9.17, 15) is 69.1 Å². The standard InChI is InChI=1S/C10H12O5S.C10H14O3S.C10H12O3S.C9H10N2O3S.C9H13NO2S.C8H7F3O3S.C8H10N4OS.C8H12N2O4S2.C6H5FO2S/c1-3-14-7-4-6(2)16-9(7)10(13)15-5-8(11)12;2*1-3-13-8-6-7(2)14-9(8)4-5-10(11)12;1-3-13-6-4-5(2)15-7(6)8-10-9(12)14-11-8;1-4-12-8-5-6(2)13-9(8)10-7(3)11;1-4-2-5(6(15-4)7(12)13)14-3-8(9,10)11;1-3-13-6-4-5(2)14-7(6)8-9-11-12-10-8;1-3-14-6-4-5(2)15-7(6)8(11)10-16(9,12)13;1-3-2-4(7)5(10-3)6(8)9/h4H,3,5H2,1-2H3,(H,11,12);6H,3-5H2,1-2H3,(H,11,12);4-6H,3H2,1-2H3,(H,11,12);4H,3H2,1-2H3,(H,10,11,12);5H,4H2,1-3H3,(H,10,11);2H,3H2,1H3,(H,12,13);4H,3H2,1-2H3,(H,9,10,11,12);4H,3H2,1-2H3,(H,10,11)(H2,9,12,13);2H,1H3,(H,8,9)/b;;5-4+;;;;;;. The Kier molecular flexibility index (Phi) is 48.0. The fourth-order valence-corrected chi connectivity index (χ4v) is 17.5. The fraction of sp³-hybridized carbons (Fsp3) is 0.372. The van der Waals surface area contributed by atoms with Gasteiger partial charge in [-0.3, -0.25) is 23.9 Å². The zero-order valence-electron chi connectivity index (χ0n) is 71.4. The molecule has 0 radical (unpaired) electrons. The van der Waals surface area contributed by atoms with Crippen LogP contribution in [0.1, 0.15) is 154 Å². The molecule has 0 aliphatic rings. The van der Waals surface area contributed by atoms with Crippen LogP contribution < -0.4 is 58.8 Å². The van der Waals surface area contributed by atoms with Gasteiger partial charge in [0, 0.05) is 61.8 Å². The zero-order valence-corrected chi connectivity index (χ0v) is 79.6. The molecule has 11 rings (SSSR count). The highest BCUT2D eigenvalue weighted by Crippen LogP contribution is 2.40. The first-order valence-corrected chi connectivity index (χ1v) is 46.2. The van der Waals surface area contributed by atoms with Crippen molar-refractivity contribution in [3.8, 4) is 67.4 Å². The number of halogens is 4. The summed E-state index contributed by atoms with van der Waals surface area (Å²) in [5, 5.41) is 68.1. The second-order valence-electron chi connectivity index (χ2n) is 24.5. The molecule has 0 bridgehead atoms. The van der Waals surface area contributed by atoms with Crippen molar-refractivity contribution < 1.29 is 137 Å². The summed E-state index contributed by atoms with van der Waals surface area (Å²) in [6.07, 6.45) is -1.06. The van der Waals surface area contributed by atoms with Gasteiger partial charge in [-0.25, -0.2) is 43.0 Å². The Hall–Kier alpha value is -11.2. The largest absolute Gasteiger partial charge is 0.493 e. The van der Waals surface area contributed by atoms with Crippen LogP contribution in [0.5, 0.6) is 46.0 Å². The predicted octanol–water partition coefficient (Wildman–Crippen LogP) is 17.5. The van der Waals surface area contributed by atoms with E-state index in [1.54, 1.807) is 80.2 Å². The minimum absolute atomic E-state index is 0.0668. The van der Waals surface area contributed by atoms with Gasteiger partial charge in [0.2, 0.25) is 11.7 Å². The number of alkyl halides is 3. The molecule has 11 heterocycles. The van der Waals surface area contributed by atoms with Crippen LogP contribution in [0.15, 0.2) is 70.0 Å². The highest BCUT2D eigenvalue weighted by Gasteiger charge is 2.30. The summed E-state index contributed by atoms with van der Waals surface area (Å²) in [5.41, 5.74) is 0. The molecule has 0 saturated heterocycles. The van der Waals surface area contributed by atoms with Crippen molar-refractivity contribution in [3.05, 3.63) is 150 Å². The second kappa shape index (κ2) is 55.4. The summed E-state index contributed by atoms with van der Waals surface area (Å²) < 4.78 is 122. The molecule has 696 valence electrons. The number of nitrogens with one attached hydrogen (secondary N) is 4. The zero-order chi connectivity index (χ0) is 95.6. The van der Waals surface area contributed by atoms with Gasteiger partial charge >= 0.3 is 47.7 Å². The number of aryl methyl sites for hydroxylation is 10. The number of carboxylic acids is 5. The molecule has 0 fully saturated rings. The highest BCUT2D eigenvalue weighted by atomic mass is 32.2. The van der Waals surface area contributed by atoms with Crippen LogP contribution in [-0.4, -0.2) is 178 Å². The topological polar surface area (TPSA) is 518 Å². The lowest BCUT2D eigenvalue weighted by Gasteiger charge is -2.07. The van der Waals surface area contributed by atoms with Gasteiger partial charge in [0.1, 0.15) is 70.6 Å². The van der Waals surface area contributed by atoms with Crippen molar-refractivity contribution in [1.29, 1.82) is 0 Å². The van der Waals surface area contributed by atoms with Crippen LogP contribution in [0.25, 0.3) is 27.5 Å². The molecule has 11 N–H and O–H groups in total. The highest BCUT2D eigenvalue weighted by molar-refractivity contribution is 7.87. The average Bonchev–Trinajstić information content (AvgIpc) is 1.69. The number of amides is 2. The number of carboxylic acid groups (broad SMARTS) is 5. The number of rotatable bonds is 31. The molecule has 0 spiro atoms. The number of nitrogens with two attached hydrogens (primary N) is 1. The third-order valence-electron chi connectivity index (χ3n) is 13.7. The van der Waals surface area contributed by atoms with E-state index in [-0.39, 0.29) is 32.7 Å². The molecule has 2 amide bonds. The third-order valence-corrected chi connectivity index (χ3v) is 23.4. The molecule has 0 unspecified atom stereocenters. The SMILES string of the molecule is CCOc1cc(C)sc1-c1nn[nH]n1.CCOc1cc(C)sc1-c1noc(=O)[nH]1.CCOc1cc(C)sc1/C=C/C(=O)O.CCOc1cc(C)sc1C(=O)NS(N)(=O)=O.CCOc1cc(C)sc1C(=O)OCC(=O)O.CCOc1cc(C)sc1CCC(=O)O.CCOc1cc(C)sc1NC(C)=O.Cc1cc(F)c(C(=O)O)s1.Cc1cc(OCC(F)(F)F)c(C(=O)O)s1. The van der Waals surface area contributed by atoms with Crippen molar-refractivity contribution >= 4 is 171 Å². The van der Waals surface area contributed by atoms with Crippen LogP contribution in [0.4, 0.5) is 22.6 Å². The summed E-state index contributed by atoms with van der Waals surface area (Å²) in [5.74, 6) is -2.58. The third kappa shape index (κ3) is 41.4. The van der Waals surface area contributed by atoms with Gasteiger partial charge in [0.15, 0.2) is 34.5 Å². The quantitative estimate of drug-likeness (QED) is 0.0110. The fourth-order valence-electron chi connectivity index (χ4n) is 9.38. The number of nitrogens with zero attached hydrogens (tertiary/aromatic N) is 4. The van der Waals surface area contributed by atoms with Crippen molar-refractivity contribution in [3.63, 3.8) is 0 Å². The minimum atomic E-state index is -4.47. The number of esters is 1. The molecule has 35 nitrogen and oxygen atoms in total. The van der Waals surface area contributed by atoms with Gasteiger partial charge < -0.3 is 73.5 Å². The smallest absolute Gasteiger partial charge is 0.439 e. The molecule has 11 aromatic heterocycles. The van der Waals surface area contributed by atoms with E-state index in [4.69, 9.17) is 63.8 Å². The Morgan fingerprint density at radius 3 is 1.42 bits per heavy atom. The number of aromatic carboxylic acids is 2. The van der Waals surface area contributed by atoms with Crippen LogP contribution in [-0.2, 0) is 40.5 Å². The van der Waals surface area contributed by atoms with Gasteiger partial charge in [-0.2, -0.15) is 26.8 Å². The molecule has 0 aliphatic carbocycles. The van der Waals surface area contributed by atoms with Gasteiger partial charge in [-0.05, 0) is 183 Å². The van der Waals surface area contributed by atoms with Crippen LogP contribution in [0.2, 0.25) is 0 Å². The number of aromatic nitrogens is 6. The number of aromatic amines is 2. The average molecular weight is 1970 g/mol. The Labute approximate surface area is 762 Å². The number of hydrogen-bond acceptors (Lipinski definition) is 34. The molecule has 127 heavy (non-hydrogen) atoms. The van der Waals surface area contributed by atoms with Crippen molar-refractivity contribution in [2.24, 2.45) is 5.14 Å². The van der Waals surface area contributed by atoms with Gasteiger partial charge in [0.25, 0.3) is 16.1 Å². The van der Waals surface area contributed by atoms with Crippen LogP contribution in [0, 0.1) is 68.1 Å². The number of H-pyrrole nitrogens is 2. The molecule has 0 aromatic carbocycles. The number of aliphatic carboxylic acids is 3. The molecule has 0 atom stereocenters. The summed E-state index contributed by atoms with van der Waals surface area (Å²) >= 11 is 12.0. The first-order chi connectivity index (χ1) is 59.7. The molecular formula is C78H95F4N9O26S10. The van der Waals surface area contributed by atoms with E-state index in [1.165, 1.54) is 69.3 Å². The first kappa shape index (κ1) is 110. The number of hydrogen-bond donors (Lipinski definition) is 10. The number of carbonyl (C=O) groups is 8. The Morgan fingerprint density at radius 2 is 0.953 bits per heavy atom. The second-order valence-corrected chi connectivity index (χ2v) is 37.2. The molecule has 0 aliphatic heterocycles. The lowest BCUT2D eigenvalue weighted by Crippen LogP contribution is -2.35. The first-order valence-electron chi connectivity index (χ1n) is 37.3. The molecule has 0 saturated carbocycles. The number of carbonyl (C=O) groups excluding carboxylic acids is 3. The van der Waals surface area contributed by atoms with E-state index < -0.39 is 82.9 Å². The summed E-state index contributed by atoms with van der Waals surface area (Å²) in [6, 6.07) is 15.6. The number of anilines is 1.